The van der Waals surface area contributed by atoms with Gasteiger partial charge in [-0.25, -0.2) is 0 Å². The molecular formula is C14H17NO. The van der Waals surface area contributed by atoms with Gasteiger partial charge in [0.2, 0.25) is 0 Å². The van der Waals surface area contributed by atoms with E-state index in [1.807, 2.05) is 18.2 Å². The average molecular weight is 215 g/mol. The topological polar surface area (TPSA) is 35.2 Å². The van der Waals surface area contributed by atoms with Gasteiger partial charge in [-0.15, -0.1) is 0 Å². The Morgan fingerprint density at radius 1 is 1.31 bits per heavy atom. The first-order valence-electron chi connectivity index (χ1n) is 5.47. The van der Waals surface area contributed by atoms with E-state index in [4.69, 9.17) is 10.5 Å². The minimum Gasteiger partial charge on any atom is -0.382 e. The summed E-state index contributed by atoms with van der Waals surface area (Å²) in [5.74, 6) is 0. The summed E-state index contributed by atoms with van der Waals surface area (Å²) in [5, 5.41) is 0. The quantitative estimate of drug-likeness (QED) is 0.840. The first-order chi connectivity index (χ1) is 7.76. The molecular weight excluding hydrogens is 198 g/mol. The number of rotatable bonds is 3. The second kappa shape index (κ2) is 4.64. The monoisotopic (exact) mass is 215 g/mol. The van der Waals surface area contributed by atoms with E-state index in [2.05, 4.69) is 30.4 Å². The van der Waals surface area contributed by atoms with E-state index in [1.54, 1.807) is 7.11 Å². The molecule has 1 aliphatic carbocycles. The fourth-order valence-electron chi connectivity index (χ4n) is 2.11. The van der Waals surface area contributed by atoms with Gasteiger partial charge in [0.05, 0.1) is 12.1 Å². The van der Waals surface area contributed by atoms with Crippen molar-refractivity contribution in [3.8, 4) is 0 Å². The Hall–Kier alpha value is -1.38. The summed E-state index contributed by atoms with van der Waals surface area (Å²) in [4.78, 5) is 0. The van der Waals surface area contributed by atoms with Crippen LogP contribution < -0.4 is 5.73 Å². The number of hydrogen-bond acceptors (Lipinski definition) is 2. The molecule has 0 heterocycles. The normalized spacial score (nSPS) is 24.2. The van der Waals surface area contributed by atoms with Gasteiger partial charge in [-0.1, -0.05) is 48.6 Å². The maximum absolute atomic E-state index is 6.40. The van der Waals surface area contributed by atoms with Crippen LogP contribution in [-0.2, 0) is 4.74 Å². The predicted molar refractivity (Wildman–Crippen MR) is 67.0 cm³/mol. The maximum Gasteiger partial charge on any atom is 0.0687 e. The van der Waals surface area contributed by atoms with Crippen molar-refractivity contribution in [2.45, 2.75) is 12.0 Å². The number of benzene rings is 1. The first-order valence-corrected chi connectivity index (χ1v) is 5.47. The highest BCUT2D eigenvalue weighted by Crippen LogP contribution is 2.31. The molecule has 0 radical (unpaired) electrons. The SMILES string of the molecule is COCC1(N)CC=CC=C1c1ccccc1. The van der Waals surface area contributed by atoms with Crippen LogP contribution in [0.3, 0.4) is 0 Å². The molecule has 1 aromatic rings. The Labute approximate surface area is 96.4 Å². The number of ether oxygens (including phenoxy) is 1. The fraction of sp³-hybridized carbons (Fsp3) is 0.286. The van der Waals surface area contributed by atoms with Gasteiger partial charge in [-0.05, 0) is 17.6 Å². The Bertz CT molecular complexity index is 408. The molecule has 2 N–H and O–H groups in total. The highest BCUT2D eigenvalue weighted by Gasteiger charge is 2.30. The molecule has 1 atom stereocenters. The third kappa shape index (κ3) is 2.08. The number of allylic oxidation sites excluding steroid dienone is 2. The molecule has 16 heavy (non-hydrogen) atoms. The van der Waals surface area contributed by atoms with Gasteiger partial charge in [0, 0.05) is 7.11 Å². The fourth-order valence-corrected chi connectivity index (χ4v) is 2.11. The van der Waals surface area contributed by atoms with Crippen molar-refractivity contribution in [1.29, 1.82) is 0 Å². The number of hydrogen-bond donors (Lipinski definition) is 1. The lowest BCUT2D eigenvalue weighted by atomic mass is 9.81. The van der Waals surface area contributed by atoms with Gasteiger partial charge in [-0.3, -0.25) is 0 Å². The molecule has 2 heteroatoms. The van der Waals surface area contributed by atoms with E-state index in [0.717, 1.165) is 12.0 Å². The average Bonchev–Trinajstić information content (AvgIpc) is 2.31. The van der Waals surface area contributed by atoms with Crippen molar-refractivity contribution in [2.24, 2.45) is 5.73 Å². The van der Waals surface area contributed by atoms with Crippen LogP contribution in [0.2, 0.25) is 0 Å². The van der Waals surface area contributed by atoms with Crippen LogP contribution in [-0.4, -0.2) is 19.3 Å². The van der Waals surface area contributed by atoms with Crippen LogP contribution in [0.1, 0.15) is 12.0 Å². The molecule has 0 bridgehead atoms. The summed E-state index contributed by atoms with van der Waals surface area (Å²) in [6.07, 6.45) is 7.05. The van der Waals surface area contributed by atoms with Crippen LogP contribution in [0.15, 0.2) is 48.6 Å². The Morgan fingerprint density at radius 3 is 2.75 bits per heavy atom. The van der Waals surface area contributed by atoms with Gasteiger partial charge >= 0.3 is 0 Å². The van der Waals surface area contributed by atoms with Gasteiger partial charge < -0.3 is 10.5 Å². The van der Waals surface area contributed by atoms with E-state index < -0.39 is 5.54 Å². The van der Waals surface area contributed by atoms with Crippen molar-refractivity contribution in [1.82, 2.24) is 0 Å². The summed E-state index contributed by atoms with van der Waals surface area (Å²) in [6.45, 7) is 0.540. The minimum absolute atomic E-state index is 0.398. The predicted octanol–water partition coefficient (Wildman–Crippen LogP) is 2.37. The molecule has 0 saturated carbocycles. The molecule has 0 spiro atoms. The molecule has 1 aliphatic rings. The second-order valence-corrected chi connectivity index (χ2v) is 4.17. The zero-order valence-corrected chi connectivity index (χ0v) is 9.52. The number of nitrogens with two attached hydrogens (primary N) is 1. The summed E-state index contributed by atoms with van der Waals surface area (Å²) < 4.78 is 5.24. The maximum atomic E-state index is 6.40. The Kier molecular flexibility index (Phi) is 3.22. The van der Waals surface area contributed by atoms with Gasteiger partial charge in [0.25, 0.3) is 0 Å². The smallest absolute Gasteiger partial charge is 0.0687 e. The van der Waals surface area contributed by atoms with E-state index >= 15 is 0 Å². The molecule has 1 aromatic carbocycles. The largest absolute Gasteiger partial charge is 0.382 e. The molecule has 0 fully saturated rings. The van der Waals surface area contributed by atoms with Crippen LogP contribution >= 0.6 is 0 Å². The molecule has 1 unspecified atom stereocenters. The Morgan fingerprint density at radius 2 is 2.06 bits per heavy atom. The Balaban J connectivity index is 2.37. The molecule has 2 rings (SSSR count). The lowest BCUT2D eigenvalue weighted by Crippen LogP contribution is -2.45. The van der Waals surface area contributed by atoms with Crippen molar-refractivity contribution < 1.29 is 4.74 Å². The van der Waals surface area contributed by atoms with Crippen LogP contribution in [0.4, 0.5) is 0 Å². The zero-order valence-electron chi connectivity index (χ0n) is 9.52. The summed E-state index contributed by atoms with van der Waals surface area (Å²) >= 11 is 0. The van der Waals surface area contributed by atoms with E-state index in [1.165, 1.54) is 5.56 Å². The van der Waals surface area contributed by atoms with Crippen LogP contribution in [0.25, 0.3) is 5.57 Å². The second-order valence-electron chi connectivity index (χ2n) is 4.17. The van der Waals surface area contributed by atoms with E-state index in [0.29, 0.717) is 6.61 Å². The first kappa shape index (κ1) is 11.1. The van der Waals surface area contributed by atoms with Crippen LogP contribution in [0, 0.1) is 0 Å². The highest BCUT2D eigenvalue weighted by atomic mass is 16.5. The van der Waals surface area contributed by atoms with Crippen molar-refractivity contribution in [3.63, 3.8) is 0 Å². The zero-order chi connectivity index (χ0) is 11.4. The highest BCUT2D eigenvalue weighted by molar-refractivity contribution is 5.75. The molecule has 0 amide bonds. The standard InChI is InChI=1S/C14H17NO/c1-16-11-14(15)10-6-5-9-13(14)12-7-3-2-4-8-12/h2-9H,10-11,15H2,1H3. The van der Waals surface area contributed by atoms with Gasteiger partial charge in [0.15, 0.2) is 0 Å². The van der Waals surface area contributed by atoms with Crippen molar-refractivity contribution in [3.05, 3.63) is 54.1 Å². The summed E-state index contributed by atoms with van der Waals surface area (Å²) in [6, 6.07) is 10.2. The van der Waals surface area contributed by atoms with Crippen LogP contribution in [0.5, 0.6) is 0 Å². The minimum atomic E-state index is -0.398. The third-order valence-electron chi connectivity index (χ3n) is 2.90. The molecule has 0 aromatic heterocycles. The van der Waals surface area contributed by atoms with Gasteiger partial charge in [0.1, 0.15) is 0 Å². The van der Waals surface area contributed by atoms with Crippen molar-refractivity contribution >= 4 is 5.57 Å². The summed E-state index contributed by atoms with van der Waals surface area (Å²) in [5.41, 5.74) is 8.33. The number of methoxy groups -OCH3 is 1. The van der Waals surface area contributed by atoms with Crippen molar-refractivity contribution in [2.75, 3.05) is 13.7 Å². The lowest BCUT2D eigenvalue weighted by molar-refractivity contribution is 0.158. The van der Waals surface area contributed by atoms with E-state index in [-0.39, 0.29) is 0 Å². The van der Waals surface area contributed by atoms with Gasteiger partial charge in [-0.2, -0.15) is 0 Å². The molecule has 2 nitrogen and oxygen atoms in total. The molecule has 84 valence electrons. The molecule has 0 saturated heterocycles. The lowest BCUT2D eigenvalue weighted by Gasteiger charge is -2.32. The third-order valence-corrected chi connectivity index (χ3v) is 2.90. The van der Waals surface area contributed by atoms with E-state index in [9.17, 15) is 0 Å². The molecule has 0 aliphatic heterocycles. The summed E-state index contributed by atoms with van der Waals surface area (Å²) in [7, 11) is 1.69.